The maximum atomic E-state index is 9.90. The highest BCUT2D eigenvalue weighted by atomic mass is 16.5. The van der Waals surface area contributed by atoms with E-state index in [0.717, 1.165) is 63.4 Å². The molecule has 0 fully saturated rings. The van der Waals surface area contributed by atoms with Crippen LogP contribution in [0.15, 0.2) is 97.6 Å². The quantitative estimate of drug-likeness (QED) is 0.0521. The Hall–Kier alpha value is -6.42. The Balaban J connectivity index is 0.000000300. The molecule has 10 nitrogen and oxygen atoms in total. The summed E-state index contributed by atoms with van der Waals surface area (Å²) in [5.41, 5.74) is 10.5. The number of aromatic nitrogens is 4. The molecule has 57 heavy (non-hydrogen) atoms. The molecule has 0 aliphatic rings. The van der Waals surface area contributed by atoms with E-state index in [4.69, 9.17) is 35.5 Å². The van der Waals surface area contributed by atoms with E-state index in [9.17, 15) is 5.11 Å². The van der Waals surface area contributed by atoms with Gasteiger partial charge in [-0.1, -0.05) is 95.3 Å². The molecule has 0 amide bonds. The number of allylic oxidation sites excluding steroid dienone is 5. The lowest BCUT2D eigenvalue weighted by Crippen LogP contribution is -2.12. The van der Waals surface area contributed by atoms with Crippen molar-refractivity contribution in [3.05, 3.63) is 126 Å². The molecule has 0 radical (unpaired) electrons. The number of methoxy groups -OCH3 is 1. The Morgan fingerprint density at radius 1 is 0.772 bits per heavy atom. The average Bonchev–Trinajstić information content (AvgIpc) is 3.21. The van der Waals surface area contributed by atoms with Crippen LogP contribution in [0.4, 0.5) is 11.4 Å². The zero-order valence-electron chi connectivity index (χ0n) is 33.8. The van der Waals surface area contributed by atoms with Gasteiger partial charge in [0.2, 0.25) is 0 Å². The first-order valence-corrected chi connectivity index (χ1v) is 18.9. The Labute approximate surface area is 339 Å². The van der Waals surface area contributed by atoms with Gasteiger partial charge in [0, 0.05) is 36.4 Å². The Morgan fingerprint density at radius 2 is 1.33 bits per heavy atom. The molecule has 5 N–H and O–H groups in total. The van der Waals surface area contributed by atoms with Crippen molar-refractivity contribution in [2.24, 2.45) is 0 Å². The smallest absolute Gasteiger partial charge is 0.160 e. The minimum atomic E-state index is 0. The number of rotatable bonds is 15. The highest BCUT2D eigenvalue weighted by molar-refractivity contribution is 6.05. The van der Waals surface area contributed by atoms with Crippen molar-refractivity contribution in [2.75, 3.05) is 31.8 Å². The first-order chi connectivity index (χ1) is 27.0. The van der Waals surface area contributed by atoms with E-state index in [2.05, 4.69) is 30.2 Å². The van der Waals surface area contributed by atoms with Crippen LogP contribution in [-0.4, -0.2) is 57.7 Å². The van der Waals surface area contributed by atoms with Crippen LogP contribution in [0.3, 0.4) is 0 Å². The fourth-order valence-electron chi connectivity index (χ4n) is 6.09. The molecular weight excluding hydrogens is 709 g/mol. The minimum absolute atomic E-state index is 0. The molecule has 0 spiro atoms. The Kier molecular flexibility index (Phi) is 17.1. The van der Waals surface area contributed by atoms with Crippen LogP contribution in [0.5, 0.6) is 11.5 Å². The van der Waals surface area contributed by atoms with Gasteiger partial charge in [-0.05, 0) is 81.1 Å². The zero-order valence-corrected chi connectivity index (χ0v) is 33.8. The van der Waals surface area contributed by atoms with Crippen molar-refractivity contribution >= 4 is 28.4 Å². The van der Waals surface area contributed by atoms with Gasteiger partial charge in [-0.3, -0.25) is 0 Å². The fourth-order valence-corrected chi connectivity index (χ4v) is 6.09. The molecule has 3 aromatic carbocycles. The molecule has 5 rings (SSSR count). The second-order valence-corrected chi connectivity index (χ2v) is 13.1. The third kappa shape index (κ3) is 10.9. The fraction of sp³-hybridized carbons (Fsp3) is 0.277. The summed E-state index contributed by atoms with van der Waals surface area (Å²) in [6.45, 7) is 13.8. The Bertz CT molecular complexity index is 2240. The van der Waals surface area contributed by atoms with E-state index in [1.807, 2.05) is 115 Å². The van der Waals surface area contributed by atoms with Gasteiger partial charge < -0.3 is 31.3 Å². The van der Waals surface area contributed by atoms with Gasteiger partial charge in [-0.2, -0.15) is 0 Å². The molecule has 10 heteroatoms. The Morgan fingerprint density at radius 3 is 1.84 bits per heavy atom. The first-order valence-electron chi connectivity index (χ1n) is 18.9. The normalized spacial score (nSPS) is 10.9. The summed E-state index contributed by atoms with van der Waals surface area (Å²) in [6.07, 6.45) is 10.5. The minimum Gasteiger partial charge on any atom is -0.508 e. The van der Waals surface area contributed by atoms with Crippen molar-refractivity contribution in [3.63, 3.8) is 0 Å². The number of ether oxygens (including phenoxy) is 1. The molecule has 0 aliphatic heterocycles. The number of phenolic OH excluding ortho intramolecular Hbond substituents is 1. The van der Waals surface area contributed by atoms with Crippen molar-refractivity contribution in [1.29, 1.82) is 10.8 Å². The second-order valence-electron chi connectivity index (χ2n) is 13.1. The molecular formula is C47H58N8O2. The van der Waals surface area contributed by atoms with Crippen molar-refractivity contribution < 1.29 is 9.84 Å². The summed E-state index contributed by atoms with van der Waals surface area (Å²) >= 11 is 0. The van der Waals surface area contributed by atoms with Crippen molar-refractivity contribution in [3.8, 4) is 45.4 Å². The maximum Gasteiger partial charge on any atom is 0.160 e. The predicted molar refractivity (Wildman–Crippen MR) is 240 cm³/mol. The summed E-state index contributed by atoms with van der Waals surface area (Å²) in [4.78, 5) is 19.1. The lowest BCUT2D eigenvalue weighted by atomic mass is 10.0. The molecule has 0 unspecified atom stereocenters. The van der Waals surface area contributed by atoms with Crippen LogP contribution in [-0.2, 0) is 0 Å². The van der Waals surface area contributed by atoms with Gasteiger partial charge >= 0.3 is 0 Å². The SMILES string of the molecule is C.C=C/C(=C\C=C/C)c1nc(C(=N)CCC)c(NC)c(-c2ccc(O)c(C)c2)n1.CCCC(=N)c1nc(-c2ccccc2)nc(-c2ccc(OC)c(C)c2)c1NC. The van der Waals surface area contributed by atoms with E-state index in [1.54, 1.807) is 19.3 Å². The summed E-state index contributed by atoms with van der Waals surface area (Å²) in [5.74, 6) is 2.22. The zero-order chi connectivity index (χ0) is 40.8. The van der Waals surface area contributed by atoms with Crippen LogP contribution in [0.1, 0.15) is 82.2 Å². The average molecular weight is 767 g/mol. The predicted octanol–water partition coefficient (Wildman–Crippen LogP) is 11.5. The van der Waals surface area contributed by atoms with Crippen molar-refractivity contribution in [1.82, 2.24) is 19.9 Å². The number of hydrogen-bond acceptors (Lipinski definition) is 10. The molecule has 5 aromatic rings. The van der Waals surface area contributed by atoms with Crippen LogP contribution in [0, 0.1) is 24.7 Å². The number of aromatic hydroxyl groups is 1. The van der Waals surface area contributed by atoms with Gasteiger partial charge in [0.25, 0.3) is 0 Å². The number of aryl methyl sites for hydroxylation is 2. The summed E-state index contributed by atoms with van der Waals surface area (Å²) in [7, 11) is 5.33. The third-order valence-corrected chi connectivity index (χ3v) is 9.01. The molecule has 0 aliphatic carbocycles. The molecule has 0 bridgehead atoms. The van der Waals surface area contributed by atoms with Crippen LogP contribution >= 0.6 is 0 Å². The second kappa shape index (κ2) is 21.6. The number of nitrogens with zero attached hydrogens (tertiary/aromatic N) is 4. The first kappa shape index (κ1) is 45.0. The molecule has 298 valence electrons. The summed E-state index contributed by atoms with van der Waals surface area (Å²) < 4.78 is 5.40. The van der Waals surface area contributed by atoms with Crippen LogP contribution in [0.2, 0.25) is 0 Å². The highest BCUT2D eigenvalue weighted by Crippen LogP contribution is 2.35. The third-order valence-electron chi connectivity index (χ3n) is 9.01. The van der Waals surface area contributed by atoms with Crippen LogP contribution < -0.4 is 15.4 Å². The van der Waals surface area contributed by atoms with E-state index < -0.39 is 0 Å². The highest BCUT2D eigenvalue weighted by Gasteiger charge is 2.21. The maximum absolute atomic E-state index is 9.90. The molecule has 2 heterocycles. The van der Waals surface area contributed by atoms with Crippen molar-refractivity contribution in [2.45, 2.75) is 67.7 Å². The number of phenols is 1. The number of nitrogens with one attached hydrogen (secondary N) is 4. The molecule has 0 saturated heterocycles. The lowest BCUT2D eigenvalue weighted by molar-refractivity contribution is 0.412. The van der Waals surface area contributed by atoms with Gasteiger partial charge in [-0.25, -0.2) is 19.9 Å². The standard InChI is InChI=1S/C23H26N4O.C23H28N4O.CH4/c1-5-9-18(24)21-22(25-3)20(17-12-13-19(28-4)15(2)14-17)26-23(27-21)16-10-7-6-8-11-16;1-6-9-11-16(8-3)23-26-20(17-12-13-19(28)15(4)14-17)22(25-5)21(27-23)18(24)10-7-2;/h6-8,10-14,24-25H,5,9H2,1-4H3;6,8-9,11-14,24-25,28H,3,7,10H2,1-2,4-5H3;1H4/b;9-6-,16-11+,24-18?;. The van der Waals surface area contributed by atoms with E-state index >= 15 is 0 Å². The molecule has 0 atom stereocenters. The molecule has 0 saturated carbocycles. The van der Waals surface area contributed by atoms with E-state index in [0.29, 0.717) is 58.7 Å². The number of anilines is 2. The summed E-state index contributed by atoms with van der Waals surface area (Å²) in [5, 5.41) is 33.4. The molecule has 2 aromatic heterocycles. The van der Waals surface area contributed by atoms with Gasteiger partial charge in [0.15, 0.2) is 11.6 Å². The number of benzene rings is 3. The lowest BCUT2D eigenvalue weighted by Gasteiger charge is -2.17. The number of hydrogen-bond donors (Lipinski definition) is 5. The van der Waals surface area contributed by atoms with E-state index in [-0.39, 0.29) is 13.2 Å². The van der Waals surface area contributed by atoms with Gasteiger partial charge in [0.05, 0.1) is 41.3 Å². The van der Waals surface area contributed by atoms with Gasteiger partial charge in [0.1, 0.15) is 22.9 Å². The summed E-state index contributed by atoms with van der Waals surface area (Å²) in [6, 6.07) is 21.3. The van der Waals surface area contributed by atoms with Gasteiger partial charge in [-0.15, -0.1) is 0 Å². The largest absolute Gasteiger partial charge is 0.508 e. The monoisotopic (exact) mass is 766 g/mol. The van der Waals surface area contributed by atoms with Crippen LogP contribution in [0.25, 0.3) is 39.5 Å². The van der Waals surface area contributed by atoms with E-state index in [1.165, 1.54) is 0 Å². The topological polar surface area (TPSA) is 153 Å².